The van der Waals surface area contributed by atoms with Crippen LogP contribution in [0.2, 0.25) is 0 Å². The fraction of sp³-hybridized carbons (Fsp3) is 0.238. The summed E-state index contributed by atoms with van der Waals surface area (Å²) >= 11 is 4.33. The van der Waals surface area contributed by atoms with Crippen molar-refractivity contribution in [3.63, 3.8) is 0 Å². The molecule has 0 aliphatic rings. The molecule has 0 amide bonds. The van der Waals surface area contributed by atoms with Gasteiger partial charge < -0.3 is 20.9 Å². The molecule has 0 radical (unpaired) electrons. The Morgan fingerprint density at radius 2 is 1.64 bits per heavy atom. The van der Waals surface area contributed by atoms with Gasteiger partial charge in [-0.1, -0.05) is 36.4 Å². The zero-order valence-electron chi connectivity index (χ0n) is 15.9. The van der Waals surface area contributed by atoms with Crippen molar-refractivity contribution in [3.05, 3.63) is 71.0 Å². The Bertz CT molecular complexity index is 925. The molecule has 3 aromatic rings. The van der Waals surface area contributed by atoms with Crippen LogP contribution in [0.3, 0.4) is 0 Å². The van der Waals surface area contributed by atoms with E-state index in [0.29, 0.717) is 47.6 Å². The molecule has 0 saturated carbocycles. The molecular formula is C21H24N4O2S. The van der Waals surface area contributed by atoms with E-state index in [-0.39, 0.29) is 5.25 Å². The van der Waals surface area contributed by atoms with Gasteiger partial charge in [0.15, 0.2) is 11.5 Å². The lowest BCUT2D eigenvalue weighted by Gasteiger charge is -2.14. The van der Waals surface area contributed by atoms with Gasteiger partial charge in [0.25, 0.3) is 0 Å². The largest absolute Gasteiger partial charge is 0.493 e. The molecule has 3 rings (SSSR count). The van der Waals surface area contributed by atoms with E-state index >= 15 is 0 Å². The fourth-order valence-corrected chi connectivity index (χ4v) is 2.90. The van der Waals surface area contributed by atoms with E-state index in [1.54, 1.807) is 7.11 Å². The number of hydrogen-bond acceptors (Lipinski definition) is 7. The summed E-state index contributed by atoms with van der Waals surface area (Å²) in [4.78, 5) is 8.61. The van der Waals surface area contributed by atoms with Crippen molar-refractivity contribution >= 4 is 24.3 Å². The Morgan fingerprint density at radius 1 is 0.964 bits per heavy atom. The van der Waals surface area contributed by atoms with Gasteiger partial charge in [-0.05, 0) is 30.2 Å². The summed E-state index contributed by atoms with van der Waals surface area (Å²) in [6, 6.07) is 15.7. The molecule has 0 saturated heterocycles. The van der Waals surface area contributed by atoms with Crippen molar-refractivity contribution in [1.29, 1.82) is 0 Å². The summed E-state index contributed by atoms with van der Waals surface area (Å²) in [6.45, 7) is 2.34. The molecule has 28 heavy (non-hydrogen) atoms. The molecule has 1 heterocycles. The third-order valence-electron chi connectivity index (χ3n) is 4.31. The lowest BCUT2D eigenvalue weighted by Crippen LogP contribution is -2.10. The number of nitrogens with zero attached hydrogens (tertiary/aromatic N) is 2. The van der Waals surface area contributed by atoms with Gasteiger partial charge in [-0.2, -0.15) is 12.6 Å². The van der Waals surface area contributed by atoms with Gasteiger partial charge in [-0.3, -0.25) is 0 Å². The minimum Gasteiger partial charge on any atom is -0.493 e. The van der Waals surface area contributed by atoms with Gasteiger partial charge in [0.1, 0.15) is 24.1 Å². The first-order chi connectivity index (χ1) is 13.5. The number of hydrogen-bond donors (Lipinski definition) is 3. The number of nitrogen functional groups attached to an aromatic ring is 2. The number of nitrogens with two attached hydrogens (primary N) is 2. The molecule has 146 valence electrons. The average Bonchev–Trinajstić information content (AvgIpc) is 2.70. The second kappa shape index (κ2) is 8.84. The Kier molecular flexibility index (Phi) is 6.26. The van der Waals surface area contributed by atoms with Crippen LogP contribution in [0.4, 0.5) is 11.6 Å². The van der Waals surface area contributed by atoms with Crippen LogP contribution in [-0.4, -0.2) is 17.1 Å². The maximum absolute atomic E-state index is 6.10. The number of ether oxygens (including phenoxy) is 2. The van der Waals surface area contributed by atoms with Gasteiger partial charge in [0.2, 0.25) is 0 Å². The molecule has 4 N–H and O–H groups in total. The quantitative estimate of drug-likeness (QED) is 0.526. The monoisotopic (exact) mass is 396 g/mol. The minimum atomic E-state index is -0.139. The smallest absolute Gasteiger partial charge is 0.161 e. The van der Waals surface area contributed by atoms with Crippen molar-refractivity contribution in [2.45, 2.75) is 25.2 Å². The second-order valence-corrected chi connectivity index (χ2v) is 7.22. The van der Waals surface area contributed by atoms with Gasteiger partial charge in [0.05, 0.1) is 12.4 Å². The normalized spacial score (nSPS) is 11.8. The first-order valence-electron chi connectivity index (χ1n) is 8.91. The van der Waals surface area contributed by atoms with Gasteiger partial charge in [-0.15, -0.1) is 0 Å². The minimum absolute atomic E-state index is 0.139. The number of aromatic nitrogens is 2. The first-order valence-corrected chi connectivity index (χ1v) is 9.43. The molecule has 0 fully saturated rings. The Labute approximate surface area is 170 Å². The van der Waals surface area contributed by atoms with Crippen LogP contribution in [0.5, 0.6) is 11.5 Å². The lowest BCUT2D eigenvalue weighted by molar-refractivity contribution is 0.284. The van der Waals surface area contributed by atoms with E-state index in [4.69, 9.17) is 20.9 Å². The molecule has 2 aromatic carbocycles. The van der Waals surface area contributed by atoms with Crippen molar-refractivity contribution in [1.82, 2.24) is 9.97 Å². The van der Waals surface area contributed by atoms with Crippen LogP contribution in [0.15, 0.2) is 48.5 Å². The highest BCUT2D eigenvalue weighted by Gasteiger charge is 2.14. The molecular weight excluding hydrogens is 372 g/mol. The fourth-order valence-electron chi connectivity index (χ4n) is 2.79. The molecule has 6 nitrogen and oxygen atoms in total. The van der Waals surface area contributed by atoms with Crippen molar-refractivity contribution in [3.8, 4) is 11.5 Å². The summed E-state index contributed by atoms with van der Waals surface area (Å²) in [5.41, 5.74) is 14.9. The maximum Gasteiger partial charge on any atom is 0.161 e. The second-order valence-electron chi connectivity index (χ2n) is 6.44. The number of thiol groups is 1. The number of benzene rings is 2. The molecule has 7 heteroatoms. The van der Waals surface area contributed by atoms with Crippen LogP contribution < -0.4 is 20.9 Å². The predicted molar refractivity (Wildman–Crippen MR) is 115 cm³/mol. The molecule has 1 unspecified atom stereocenters. The predicted octanol–water partition coefficient (Wildman–Crippen LogP) is 3.81. The van der Waals surface area contributed by atoms with Gasteiger partial charge in [0, 0.05) is 12.0 Å². The Morgan fingerprint density at radius 3 is 2.25 bits per heavy atom. The highest BCUT2D eigenvalue weighted by molar-refractivity contribution is 7.80. The molecule has 1 aromatic heterocycles. The number of rotatable bonds is 7. The van der Waals surface area contributed by atoms with E-state index in [2.05, 4.69) is 22.6 Å². The van der Waals surface area contributed by atoms with Gasteiger partial charge in [-0.25, -0.2) is 9.97 Å². The summed E-state index contributed by atoms with van der Waals surface area (Å²) in [7, 11) is 1.61. The third kappa shape index (κ3) is 4.67. The highest BCUT2D eigenvalue weighted by Crippen LogP contribution is 2.31. The Balaban J connectivity index is 1.79. The SMILES string of the molecule is COc1cc(Cc2c(N)nc(C(C)S)nc2N)ccc1OCc1ccccc1. The van der Waals surface area contributed by atoms with Crippen molar-refractivity contribution < 1.29 is 9.47 Å². The van der Waals surface area contributed by atoms with Crippen LogP contribution in [0.1, 0.15) is 34.7 Å². The van der Waals surface area contributed by atoms with Crippen LogP contribution in [0, 0.1) is 0 Å². The molecule has 1 atom stereocenters. The van der Waals surface area contributed by atoms with E-state index in [1.165, 1.54) is 0 Å². The first kappa shape index (κ1) is 19.8. The lowest BCUT2D eigenvalue weighted by atomic mass is 10.1. The van der Waals surface area contributed by atoms with E-state index in [9.17, 15) is 0 Å². The topological polar surface area (TPSA) is 96.3 Å². The number of anilines is 2. The summed E-state index contributed by atoms with van der Waals surface area (Å²) < 4.78 is 11.4. The van der Waals surface area contributed by atoms with E-state index < -0.39 is 0 Å². The average molecular weight is 397 g/mol. The number of methoxy groups -OCH3 is 1. The zero-order valence-corrected chi connectivity index (χ0v) is 16.8. The van der Waals surface area contributed by atoms with Gasteiger partial charge >= 0.3 is 0 Å². The summed E-state index contributed by atoms with van der Waals surface area (Å²) in [6.07, 6.45) is 0.494. The summed E-state index contributed by atoms with van der Waals surface area (Å²) in [5, 5.41) is -0.139. The highest BCUT2D eigenvalue weighted by atomic mass is 32.1. The van der Waals surface area contributed by atoms with Crippen molar-refractivity contribution in [2.24, 2.45) is 0 Å². The molecule has 0 aliphatic carbocycles. The van der Waals surface area contributed by atoms with Crippen LogP contribution >= 0.6 is 12.6 Å². The standard InChI is InChI=1S/C21H24N4O2S/c1-13(28)21-24-19(22)16(20(23)25-21)10-15-8-9-17(18(11-15)26-2)27-12-14-6-4-3-5-7-14/h3-9,11,13,28H,10,12H2,1-2H3,(H4,22,23,24,25). The third-order valence-corrected chi connectivity index (χ3v) is 4.54. The molecule has 0 bridgehead atoms. The molecule has 0 aliphatic heterocycles. The van der Waals surface area contributed by atoms with Crippen molar-refractivity contribution in [2.75, 3.05) is 18.6 Å². The zero-order chi connectivity index (χ0) is 20.1. The summed E-state index contributed by atoms with van der Waals surface area (Å²) in [5.74, 6) is 2.57. The Hall–Kier alpha value is -2.93. The van der Waals surface area contributed by atoms with Crippen LogP contribution in [0.25, 0.3) is 0 Å². The molecule has 0 spiro atoms. The van der Waals surface area contributed by atoms with E-state index in [1.807, 2.05) is 55.5 Å². The van der Waals surface area contributed by atoms with Crippen LogP contribution in [-0.2, 0) is 13.0 Å². The van der Waals surface area contributed by atoms with E-state index in [0.717, 1.165) is 11.1 Å². The maximum atomic E-state index is 6.10.